The maximum atomic E-state index is 5.38. The lowest BCUT2D eigenvalue weighted by Gasteiger charge is -2.38. The molecule has 1 fully saturated rings. The highest BCUT2D eigenvalue weighted by Crippen LogP contribution is 2.10. The smallest absolute Gasteiger partial charge is 0.0620 e. The minimum Gasteiger partial charge on any atom is -0.379 e. The molecule has 1 unspecified atom stereocenters. The van der Waals surface area contributed by atoms with Gasteiger partial charge in [-0.2, -0.15) is 0 Å². The Morgan fingerprint density at radius 1 is 1.67 bits per heavy atom. The van der Waals surface area contributed by atoms with Gasteiger partial charge in [-0.3, -0.25) is 4.90 Å². The monoisotopic (exact) mass is 172 g/mol. The van der Waals surface area contributed by atoms with E-state index in [1.807, 2.05) is 7.05 Å². The van der Waals surface area contributed by atoms with Crippen molar-refractivity contribution < 1.29 is 4.74 Å². The van der Waals surface area contributed by atoms with Crippen molar-refractivity contribution in [3.05, 3.63) is 0 Å². The van der Waals surface area contributed by atoms with E-state index in [0.717, 1.165) is 26.2 Å². The molecule has 2 atom stereocenters. The molecule has 0 aromatic heterocycles. The molecule has 1 saturated heterocycles. The molecule has 1 heterocycles. The van der Waals surface area contributed by atoms with Crippen LogP contribution in [-0.4, -0.2) is 43.9 Å². The summed E-state index contributed by atoms with van der Waals surface area (Å²) in [7, 11) is 2.02. The van der Waals surface area contributed by atoms with Crippen molar-refractivity contribution in [2.24, 2.45) is 0 Å². The highest BCUT2D eigenvalue weighted by molar-refractivity contribution is 4.76. The zero-order valence-electron chi connectivity index (χ0n) is 8.34. The van der Waals surface area contributed by atoms with Gasteiger partial charge in [-0.1, -0.05) is 6.92 Å². The maximum absolute atomic E-state index is 5.38. The van der Waals surface area contributed by atoms with Crippen molar-refractivity contribution in [3.8, 4) is 0 Å². The second-order valence-corrected chi connectivity index (χ2v) is 3.37. The van der Waals surface area contributed by atoms with Gasteiger partial charge in [-0.15, -0.1) is 0 Å². The molecular formula is C9H20N2O. The van der Waals surface area contributed by atoms with Crippen LogP contribution in [0.5, 0.6) is 0 Å². The number of rotatable bonds is 3. The van der Waals surface area contributed by atoms with Gasteiger partial charge in [0.1, 0.15) is 0 Å². The van der Waals surface area contributed by atoms with Crippen molar-refractivity contribution in [1.82, 2.24) is 10.2 Å². The molecule has 0 amide bonds. The summed E-state index contributed by atoms with van der Waals surface area (Å²) >= 11 is 0. The first kappa shape index (κ1) is 9.96. The average molecular weight is 172 g/mol. The molecule has 1 N–H and O–H groups in total. The fourth-order valence-corrected chi connectivity index (χ4v) is 1.81. The van der Waals surface area contributed by atoms with E-state index in [9.17, 15) is 0 Å². The lowest BCUT2D eigenvalue weighted by atomic mass is 10.2. The number of hydrogen-bond donors (Lipinski definition) is 1. The molecule has 0 radical (unpaired) electrons. The van der Waals surface area contributed by atoms with Crippen molar-refractivity contribution in [1.29, 1.82) is 0 Å². The third-order valence-electron chi connectivity index (χ3n) is 2.54. The summed E-state index contributed by atoms with van der Waals surface area (Å²) in [5.74, 6) is 0. The van der Waals surface area contributed by atoms with Crippen LogP contribution in [0.3, 0.4) is 0 Å². The van der Waals surface area contributed by atoms with Crippen LogP contribution in [0, 0.1) is 0 Å². The molecule has 0 aromatic carbocycles. The number of hydrogen-bond acceptors (Lipinski definition) is 3. The lowest BCUT2D eigenvalue weighted by Crippen LogP contribution is -2.53. The van der Waals surface area contributed by atoms with E-state index in [1.165, 1.54) is 0 Å². The molecule has 72 valence electrons. The van der Waals surface area contributed by atoms with Gasteiger partial charge in [0.25, 0.3) is 0 Å². The molecule has 0 aromatic rings. The van der Waals surface area contributed by atoms with Crippen molar-refractivity contribution in [2.45, 2.75) is 32.5 Å². The van der Waals surface area contributed by atoms with Gasteiger partial charge in [0.15, 0.2) is 0 Å². The van der Waals surface area contributed by atoms with Crippen LogP contribution < -0.4 is 5.32 Å². The first-order valence-corrected chi connectivity index (χ1v) is 4.80. The zero-order valence-corrected chi connectivity index (χ0v) is 8.34. The topological polar surface area (TPSA) is 24.5 Å². The summed E-state index contributed by atoms with van der Waals surface area (Å²) in [6.45, 7) is 7.24. The molecule has 3 nitrogen and oxygen atoms in total. The molecule has 1 rings (SSSR count). The molecule has 0 bridgehead atoms. The van der Waals surface area contributed by atoms with Gasteiger partial charge >= 0.3 is 0 Å². The fourth-order valence-electron chi connectivity index (χ4n) is 1.81. The third-order valence-corrected chi connectivity index (χ3v) is 2.54. The maximum Gasteiger partial charge on any atom is 0.0620 e. The van der Waals surface area contributed by atoms with Crippen molar-refractivity contribution in [3.63, 3.8) is 0 Å². The van der Waals surface area contributed by atoms with Gasteiger partial charge < -0.3 is 10.1 Å². The predicted molar refractivity (Wildman–Crippen MR) is 50.1 cm³/mol. The lowest BCUT2D eigenvalue weighted by molar-refractivity contribution is -0.0284. The number of morpholine rings is 1. The van der Waals surface area contributed by atoms with Gasteiger partial charge in [-0.25, -0.2) is 0 Å². The summed E-state index contributed by atoms with van der Waals surface area (Å²) in [6.07, 6.45) is 1.67. The van der Waals surface area contributed by atoms with E-state index < -0.39 is 0 Å². The first-order valence-electron chi connectivity index (χ1n) is 4.80. The Morgan fingerprint density at radius 2 is 2.42 bits per heavy atom. The molecular weight excluding hydrogens is 152 g/mol. The van der Waals surface area contributed by atoms with Crippen LogP contribution in [0.15, 0.2) is 0 Å². The summed E-state index contributed by atoms with van der Waals surface area (Å²) in [6, 6.07) is 0.552. The Hall–Kier alpha value is -0.120. The quantitative estimate of drug-likeness (QED) is 0.677. The Bertz CT molecular complexity index is 126. The van der Waals surface area contributed by atoms with Gasteiger partial charge in [0.2, 0.25) is 0 Å². The number of ether oxygens (including phenoxy) is 1. The second kappa shape index (κ2) is 4.80. The van der Waals surface area contributed by atoms with Gasteiger partial charge in [-0.05, 0) is 20.4 Å². The SMILES string of the molecule is CCC(NC)N1CCOC[C@@H]1C. The van der Waals surface area contributed by atoms with E-state index in [4.69, 9.17) is 4.74 Å². The molecule has 0 spiro atoms. The van der Waals surface area contributed by atoms with Crippen LogP contribution in [0.4, 0.5) is 0 Å². The highest BCUT2D eigenvalue weighted by atomic mass is 16.5. The van der Waals surface area contributed by atoms with Crippen LogP contribution >= 0.6 is 0 Å². The Balaban J connectivity index is 2.45. The fraction of sp³-hybridized carbons (Fsp3) is 1.00. The minimum atomic E-state index is 0.518. The summed E-state index contributed by atoms with van der Waals surface area (Å²) < 4.78 is 5.38. The van der Waals surface area contributed by atoms with E-state index in [2.05, 4.69) is 24.1 Å². The van der Waals surface area contributed by atoms with Crippen molar-refractivity contribution in [2.75, 3.05) is 26.8 Å². The number of nitrogens with one attached hydrogen (secondary N) is 1. The standard InChI is InChI=1S/C9H20N2O/c1-4-9(10-3)11-5-6-12-7-8(11)2/h8-10H,4-7H2,1-3H3/t8-,9?/m0/s1. The van der Waals surface area contributed by atoms with Crippen LogP contribution in [-0.2, 0) is 4.74 Å². The predicted octanol–water partition coefficient (Wildman–Crippen LogP) is 0.663. The number of nitrogens with zero attached hydrogens (tertiary/aromatic N) is 1. The Kier molecular flexibility index (Phi) is 3.98. The first-order chi connectivity index (χ1) is 5.79. The summed E-state index contributed by atoms with van der Waals surface area (Å²) in [4.78, 5) is 2.48. The van der Waals surface area contributed by atoms with Crippen LogP contribution in [0.2, 0.25) is 0 Å². The largest absolute Gasteiger partial charge is 0.379 e. The third kappa shape index (κ3) is 2.19. The molecule has 1 aliphatic rings. The van der Waals surface area contributed by atoms with Crippen LogP contribution in [0.1, 0.15) is 20.3 Å². The molecule has 12 heavy (non-hydrogen) atoms. The summed E-state index contributed by atoms with van der Waals surface area (Å²) in [5, 5.41) is 3.32. The molecule has 3 heteroatoms. The normalized spacial score (nSPS) is 28.8. The average Bonchev–Trinajstić information content (AvgIpc) is 2.10. The van der Waals surface area contributed by atoms with E-state index in [0.29, 0.717) is 12.2 Å². The Morgan fingerprint density at radius 3 is 2.92 bits per heavy atom. The van der Waals surface area contributed by atoms with Gasteiger partial charge in [0.05, 0.1) is 19.4 Å². The highest BCUT2D eigenvalue weighted by Gasteiger charge is 2.23. The Labute approximate surface area is 75.1 Å². The second-order valence-electron chi connectivity index (χ2n) is 3.37. The van der Waals surface area contributed by atoms with E-state index in [1.54, 1.807) is 0 Å². The van der Waals surface area contributed by atoms with E-state index in [-0.39, 0.29) is 0 Å². The van der Waals surface area contributed by atoms with Gasteiger partial charge in [0, 0.05) is 12.6 Å². The molecule has 0 aliphatic carbocycles. The van der Waals surface area contributed by atoms with E-state index >= 15 is 0 Å². The minimum absolute atomic E-state index is 0.518. The van der Waals surface area contributed by atoms with Crippen LogP contribution in [0.25, 0.3) is 0 Å². The summed E-state index contributed by atoms with van der Waals surface area (Å²) in [5.41, 5.74) is 0. The van der Waals surface area contributed by atoms with Crippen molar-refractivity contribution >= 4 is 0 Å². The molecule has 0 saturated carbocycles. The molecule has 1 aliphatic heterocycles. The zero-order chi connectivity index (χ0) is 8.97.